The van der Waals surface area contributed by atoms with Gasteiger partial charge in [-0.05, 0) is 6.42 Å². The number of carboxylic acids is 1. The molecule has 74 valence electrons. The Balaban J connectivity index is 0. The Labute approximate surface area is 106 Å². The van der Waals surface area contributed by atoms with E-state index in [2.05, 4.69) is 6.58 Å². The Hall–Kier alpha value is -0.320. The van der Waals surface area contributed by atoms with Crippen LogP contribution in [0, 0.1) is 0 Å². The summed E-state index contributed by atoms with van der Waals surface area (Å²) in [5, 5.41) is 10.1. The number of ether oxygens (including phenoxy) is 1. The minimum Gasteiger partial charge on any atom is -0.550 e. The van der Waals surface area contributed by atoms with Gasteiger partial charge in [-0.25, -0.2) is 4.79 Å². The van der Waals surface area contributed by atoms with Crippen molar-refractivity contribution < 1.29 is 49.0 Å². The van der Waals surface area contributed by atoms with Crippen LogP contribution >= 0.6 is 0 Å². The third-order valence-electron chi connectivity index (χ3n) is 1.38. The SMILES string of the molecule is C=C(CC(=O)[O-])C(=O)OCCCC.[Na+]. The van der Waals surface area contributed by atoms with Crippen molar-refractivity contribution in [2.45, 2.75) is 26.2 Å². The van der Waals surface area contributed by atoms with E-state index in [4.69, 9.17) is 4.74 Å². The number of carbonyl (C=O) groups is 2. The van der Waals surface area contributed by atoms with Gasteiger partial charge in [0.1, 0.15) is 0 Å². The summed E-state index contributed by atoms with van der Waals surface area (Å²) < 4.78 is 4.72. The van der Waals surface area contributed by atoms with E-state index in [0.717, 1.165) is 12.8 Å². The summed E-state index contributed by atoms with van der Waals surface area (Å²) in [5.41, 5.74) is -0.0731. The van der Waals surface area contributed by atoms with Gasteiger partial charge in [0.05, 0.1) is 6.61 Å². The summed E-state index contributed by atoms with van der Waals surface area (Å²) in [6.07, 6.45) is 1.22. The maximum Gasteiger partial charge on any atom is 1.00 e. The normalized spacial score (nSPS) is 8.64. The second kappa shape index (κ2) is 9.24. The summed E-state index contributed by atoms with van der Waals surface area (Å²) in [6.45, 7) is 5.55. The minimum absolute atomic E-state index is 0. The number of carbonyl (C=O) groups excluding carboxylic acids is 2. The van der Waals surface area contributed by atoms with Gasteiger partial charge in [-0.1, -0.05) is 19.9 Å². The second-order valence-electron chi connectivity index (χ2n) is 2.64. The average molecular weight is 208 g/mol. The fourth-order valence-electron chi connectivity index (χ4n) is 0.658. The van der Waals surface area contributed by atoms with E-state index < -0.39 is 18.4 Å². The molecule has 14 heavy (non-hydrogen) atoms. The first kappa shape index (κ1) is 16.1. The number of hydrogen-bond donors (Lipinski definition) is 0. The second-order valence-corrected chi connectivity index (χ2v) is 2.64. The molecule has 0 unspecified atom stereocenters. The van der Waals surface area contributed by atoms with E-state index in [1.165, 1.54) is 0 Å². The van der Waals surface area contributed by atoms with Gasteiger partial charge in [-0.3, -0.25) is 0 Å². The van der Waals surface area contributed by atoms with Crippen molar-refractivity contribution in [2.75, 3.05) is 6.61 Å². The first-order valence-electron chi connectivity index (χ1n) is 4.12. The maximum atomic E-state index is 10.9. The van der Waals surface area contributed by atoms with E-state index >= 15 is 0 Å². The molecular weight excluding hydrogens is 195 g/mol. The summed E-state index contributed by atoms with van der Waals surface area (Å²) >= 11 is 0. The number of esters is 1. The monoisotopic (exact) mass is 208 g/mol. The molecule has 0 saturated carbocycles. The molecule has 0 atom stereocenters. The zero-order chi connectivity index (χ0) is 10.3. The van der Waals surface area contributed by atoms with Crippen molar-refractivity contribution in [2.24, 2.45) is 0 Å². The van der Waals surface area contributed by atoms with Crippen LogP contribution in [0.5, 0.6) is 0 Å². The largest absolute Gasteiger partial charge is 1.00 e. The summed E-state index contributed by atoms with van der Waals surface area (Å²) in [7, 11) is 0. The third kappa shape index (κ3) is 8.29. The fraction of sp³-hybridized carbons (Fsp3) is 0.556. The zero-order valence-corrected chi connectivity index (χ0v) is 10.7. The van der Waals surface area contributed by atoms with Gasteiger partial charge in [0.15, 0.2) is 0 Å². The van der Waals surface area contributed by atoms with E-state index in [1.54, 1.807) is 0 Å². The molecule has 0 saturated heterocycles. The Morgan fingerprint density at radius 3 is 2.43 bits per heavy atom. The molecule has 0 rings (SSSR count). The smallest absolute Gasteiger partial charge is 0.550 e. The van der Waals surface area contributed by atoms with Crippen molar-refractivity contribution in [3.8, 4) is 0 Å². The molecule has 0 heterocycles. The molecule has 0 aliphatic rings. The van der Waals surface area contributed by atoms with Crippen molar-refractivity contribution >= 4 is 11.9 Å². The predicted octanol–water partition coefficient (Wildman–Crippen LogP) is -2.97. The number of unbranched alkanes of at least 4 members (excludes halogenated alkanes) is 1. The van der Waals surface area contributed by atoms with Gasteiger partial charge < -0.3 is 14.6 Å². The van der Waals surface area contributed by atoms with Crippen molar-refractivity contribution in [3.05, 3.63) is 12.2 Å². The zero-order valence-electron chi connectivity index (χ0n) is 8.67. The van der Waals surface area contributed by atoms with E-state index in [1.807, 2.05) is 6.92 Å². The van der Waals surface area contributed by atoms with Crippen LogP contribution in [0.3, 0.4) is 0 Å². The molecule has 5 heteroatoms. The molecule has 0 aliphatic carbocycles. The van der Waals surface area contributed by atoms with Crippen LogP contribution in [-0.2, 0) is 14.3 Å². The molecule has 0 N–H and O–H groups in total. The summed E-state index contributed by atoms with van der Waals surface area (Å²) in [4.78, 5) is 21.0. The Bertz CT molecular complexity index is 213. The van der Waals surface area contributed by atoms with Crippen molar-refractivity contribution in [1.82, 2.24) is 0 Å². The van der Waals surface area contributed by atoms with Crippen molar-refractivity contribution in [1.29, 1.82) is 0 Å². The molecule has 0 bridgehead atoms. The van der Waals surface area contributed by atoms with Gasteiger partial charge >= 0.3 is 35.5 Å². The van der Waals surface area contributed by atoms with Crippen LogP contribution in [0.1, 0.15) is 26.2 Å². The van der Waals surface area contributed by atoms with Gasteiger partial charge in [0, 0.05) is 18.0 Å². The molecule has 4 nitrogen and oxygen atoms in total. The molecule has 0 aromatic rings. The van der Waals surface area contributed by atoms with Crippen LogP contribution in [0.4, 0.5) is 0 Å². The van der Waals surface area contributed by atoms with Crippen LogP contribution < -0.4 is 34.7 Å². The predicted molar refractivity (Wildman–Crippen MR) is 44.6 cm³/mol. The van der Waals surface area contributed by atoms with Crippen LogP contribution in [0.2, 0.25) is 0 Å². The topological polar surface area (TPSA) is 66.4 Å². The molecular formula is C9H13NaO4. The summed E-state index contributed by atoms with van der Waals surface area (Å²) in [5.74, 6) is -1.98. The Kier molecular flexibility index (Phi) is 10.6. The molecule has 0 fully saturated rings. The Morgan fingerprint density at radius 1 is 1.43 bits per heavy atom. The number of rotatable bonds is 6. The van der Waals surface area contributed by atoms with Gasteiger partial charge in [0.2, 0.25) is 0 Å². The van der Waals surface area contributed by atoms with Crippen LogP contribution in [0.25, 0.3) is 0 Å². The Morgan fingerprint density at radius 2 is 2.00 bits per heavy atom. The molecule has 0 spiro atoms. The molecule has 0 aromatic carbocycles. The standard InChI is InChI=1S/C9H14O4.Na/c1-3-4-5-13-9(12)7(2)6-8(10)11;/h2-6H2,1H3,(H,10,11);/q;+1/p-1. The van der Waals surface area contributed by atoms with E-state index in [0.29, 0.717) is 6.61 Å². The van der Waals surface area contributed by atoms with Gasteiger partial charge in [-0.2, -0.15) is 0 Å². The number of hydrogen-bond acceptors (Lipinski definition) is 4. The number of aliphatic carboxylic acids is 1. The van der Waals surface area contributed by atoms with Crippen molar-refractivity contribution in [3.63, 3.8) is 0 Å². The van der Waals surface area contributed by atoms with E-state index in [-0.39, 0.29) is 35.1 Å². The minimum atomic E-state index is -1.32. The molecule has 0 aromatic heterocycles. The maximum absolute atomic E-state index is 10.9. The van der Waals surface area contributed by atoms with Gasteiger partial charge in [-0.15, -0.1) is 0 Å². The summed E-state index contributed by atoms with van der Waals surface area (Å²) in [6, 6.07) is 0. The van der Waals surface area contributed by atoms with Gasteiger partial charge in [0.25, 0.3) is 0 Å². The van der Waals surface area contributed by atoms with E-state index in [9.17, 15) is 14.7 Å². The van der Waals surface area contributed by atoms with Crippen LogP contribution in [-0.4, -0.2) is 18.5 Å². The fourth-order valence-corrected chi connectivity index (χ4v) is 0.658. The molecule has 0 amide bonds. The quantitative estimate of drug-likeness (QED) is 0.202. The third-order valence-corrected chi connectivity index (χ3v) is 1.38. The number of carboxylic acid groups (broad SMARTS) is 1. The molecule has 0 aliphatic heterocycles. The van der Waals surface area contributed by atoms with Crippen LogP contribution in [0.15, 0.2) is 12.2 Å². The first-order valence-corrected chi connectivity index (χ1v) is 4.12. The first-order chi connectivity index (χ1) is 6.07. The molecule has 0 radical (unpaired) electrons. The average Bonchev–Trinajstić information content (AvgIpc) is 2.03.